The Morgan fingerprint density at radius 3 is 2.19 bits per heavy atom. The van der Waals surface area contributed by atoms with Gasteiger partial charge in [-0.2, -0.15) is 0 Å². The Balaban J connectivity index is 1.13. The standard InChI is InChI=1S/C24H32N4O3/c29-22-8-6-21(7-9-22)27-14-16-28(17-15-27)24(30)20-26-12-10-25(11-13-26)18-19-31-23-4-2-1-3-5-23/h1-9,29H,10-20H2/p+2. The van der Waals surface area contributed by atoms with Crippen LogP contribution in [-0.4, -0.2) is 88.0 Å². The van der Waals surface area contributed by atoms with Crippen molar-refractivity contribution in [3.8, 4) is 11.5 Å². The Morgan fingerprint density at radius 2 is 1.52 bits per heavy atom. The van der Waals surface area contributed by atoms with Gasteiger partial charge in [-0.3, -0.25) is 4.79 Å². The van der Waals surface area contributed by atoms with Crippen molar-refractivity contribution in [3.05, 3.63) is 54.6 Å². The molecular formula is C24H34N4O3+2. The molecule has 0 spiro atoms. The number of phenolic OH excluding ortho intramolecular Hbond substituents is 1. The van der Waals surface area contributed by atoms with Gasteiger partial charge >= 0.3 is 0 Å². The predicted molar refractivity (Wildman–Crippen MR) is 120 cm³/mol. The van der Waals surface area contributed by atoms with Crippen LogP contribution in [0.4, 0.5) is 5.69 Å². The first-order valence-corrected chi connectivity index (χ1v) is 11.3. The quantitative estimate of drug-likeness (QED) is 0.526. The van der Waals surface area contributed by atoms with Crippen molar-refractivity contribution in [2.75, 3.05) is 77.0 Å². The molecule has 31 heavy (non-hydrogen) atoms. The third-order valence-corrected chi connectivity index (χ3v) is 6.38. The molecule has 0 aromatic heterocycles. The number of nitrogens with one attached hydrogen (secondary N) is 2. The maximum atomic E-state index is 12.8. The molecule has 2 aliphatic rings. The lowest BCUT2D eigenvalue weighted by atomic mass is 10.2. The highest BCUT2D eigenvalue weighted by Crippen LogP contribution is 2.19. The summed E-state index contributed by atoms with van der Waals surface area (Å²) in [6, 6.07) is 17.3. The van der Waals surface area contributed by atoms with Crippen LogP contribution in [0.5, 0.6) is 11.5 Å². The van der Waals surface area contributed by atoms with E-state index in [1.807, 2.05) is 47.4 Å². The molecule has 0 bridgehead atoms. The minimum Gasteiger partial charge on any atom is -0.508 e. The number of aromatic hydroxyl groups is 1. The van der Waals surface area contributed by atoms with Crippen molar-refractivity contribution in [1.29, 1.82) is 0 Å². The Bertz CT molecular complexity index is 814. The first-order valence-electron chi connectivity index (χ1n) is 11.3. The Morgan fingerprint density at radius 1 is 0.871 bits per heavy atom. The van der Waals surface area contributed by atoms with Crippen LogP contribution in [0.2, 0.25) is 0 Å². The van der Waals surface area contributed by atoms with Crippen molar-refractivity contribution in [3.63, 3.8) is 0 Å². The summed E-state index contributed by atoms with van der Waals surface area (Å²) in [4.78, 5) is 20.0. The SMILES string of the molecule is O=C(C[NH+]1CC[NH+](CCOc2ccccc2)CC1)N1CCN(c2ccc(O)cc2)CC1. The second-order valence-corrected chi connectivity index (χ2v) is 8.47. The number of ether oxygens (including phenoxy) is 1. The fraction of sp³-hybridized carbons (Fsp3) is 0.458. The van der Waals surface area contributed by atoms with E-state index in [1.54, 1.807) is 17.0 Å². The van der Waals surface area contributed by atoms with Crippen molar-refractivity contribution in [1.82, 2.24) is 4.90 Å². The first-order chi connectivity index (χ1) is 15.2. The molecule has 7 heteroatoms. The molecule has 7 nitrogen and oxygen atoms in total. The molecule has 3 N–H and O–H groups in total. The van der Waals surface area contributed by atoms with Crippen LogP contribution in [0.15, 0.2) is 54.6 Å². The van der Waals surface area contributed by atoms with E-state index in [4.69, 9.17) is 4.74 Å². The lowest BCUT2D eigenvalue weighted by molar-refractivity contribution is -1.01. The molecule has 0 atom stereocenters. The molecule has 2 aliphatic heterocycles. The maximum Gasteiger partial charge on any atom is 0.277 e. The fourth-order valence-electron chi connectivity index (χ4n) is 4.42. The Labute approximate surface area is 184 Å². The number of amides is 1. The Kier molecular flexibility index (Phi) is 7.27. The number of hydrogen-bond acceptors (Lipinski definition) is 4. The molecule has 2 fully saturated rings. The van der Waals surface area contributed by atoms with Gasteiger partial charge in [-0.15, -0.1) is 0 Å². The van der Waals surface area contributed by atoms with Crippen molar-refractivity contribution >= 4 is 11.6 Å². The average molecular weight is 427 g/mol. The highest BCUT2D eigenvalue weighted by molar-refractivity contribution is 5.77. The molecule has 1 amide bonds. The minimum atomic E-state index is 0.274. The van der Waals surface area contributed by atoms with Gasteiger partial charge in [-0.05, 0) is 36.4 Å². The number of para-hydroxylation sites is 1. The number of carbonyl (C=O) groups excluding carboxylic acids is 1. The largest absolute Gasteiger partial charge is 0.508 e. The number of nitrogens with zero attached hydrogens (tertiary/aromatic N) is 2. The van der Waals surface area contributed by atoms with Crippen LogP contribution in [0, 0.1) is 0 Å². The Hall–Kier alpha value is -2.77. The number of rotatable bonds is 7. The molecule has 2 aromatic rings. The highest BCUT2D eigenvalue weighted by atomic mass is 16.5. The number of piperazine rings is 2. The summed E-state index contributed by atoms with van der Waals surface area (Å²) < 4.78 is 5.82. The molecule has 0 radical (unpaired) electrons. The third kappa shape index (κ3) is 6.12. The molecule has 0 unspecified atom stereocenters. The summed E-state index contributed by atoms with van der Waals surface area (Å²) in [6.07, 6.45) is 0. The van der Waals surface area contributed by atoms with Crippen LogP contribution in [0.1, 0.15) is 0 Å². The predicted octanol–water partition coefficient (Wildman–Crippen LogP) is -1.10. The average Bonchev–Trinajstić information content (AvgIpc) is 2.81. The molecule has 4 rings (SSSR count). The van der Waals surface area contributed by atoms with Gasteiger partial charge in [0.1, 0.15) is 50.8 Å². The second kappa shape index (κ2) is 10.5. The smallest absolute Gasteiger partial charge is 0.277 e. The highest BCUT2D eigenvalue weighted by Gasteiger charge is 2.28. The molecule has 0 aliphatic carbocycles. The zero-order valence-electron chi connectivity index (χ0n) is 18.1. The van der Waals surface area contributed by atoms with Crippen LogP contribution in [0.25, 0.3) is 0 Å². The summed E-state index contributed by atoms with van der Waals surface area (Å²) >= 11 is 0. The van der Waals surface area contributed by atoms with Gasteiger partial charge in [0.2, 0.25) is 0 Å². The van der Waals surface area contributed by atoms with Gasteiger partial charge in [0.15, 0.2) is 6.54 Å². The number of phenols is 1. The number of carbonyl (C=O) groups is 1. The number of hydrogen-bond donors (Lipinski definition) is 3. The molecule has 166 valence electrons. The van der Waals surface area contributed by atoms with Gasteiger partial charge < -0.3 is 29.4 Å². The first kappa shape index (κ1) is 21.5. The van der Waals surface area contributed by atoms with Gasteiger partial charge in [-0.25, -0.2) is 0 Å². The van der Waals surface area contributed by atoms with E-state index in [0.717, 1.165) is 76.9 Å². The van der Waals surface area contributed by atoms with Crippen LogP contribution < -0.4 is 19.4 Å². The van der Waals surface area contributed by atoms with Crippen LogP contribution in [0.3, 0.4) is 0 Å². The van der Waals surface area contributed by atoms with Crippen molar-refractivity contribution in [2.24, 2.45) is 0 Å². The minimum absolute atomic E-state index is 0.274. The van der Waals surface area contributed by atoms with Gasteiger partial charge in [-0.1, -0.05) is 18.2 Å². The summed E-state index contributed by atoms with van der Waals surface area (Å²) in [5, 5.41) is 9.45. The molecular weight excluding hydrogens is 392 g/mol. The number of benzene rings is 2. The van der Waals surface area contributed by atoms with Gasteiger partial charge in [0, 0.05) is 31.9 Å². The lowest BCUT2D eigenvalue weighted by Crippen LogP contribution is -3.28. The summed E-state index contributed by atoms with van der Waals surface area (Å²) in [7, 11) is 0. The summed E-state index contributed by atoms with van der Waals surface area (Å²) in [5.41, 5.74) is 1.10. The summed E-state index contributed by atoms with van der Waals surface area (Å²) in [5.74, 6) is 1.49. The van der Waals surface area contributed by atoms with Gasteiger partial charge in [0.25, 0.3) is 5.91 Å². The molecule has 0 saturated carbocycles. The number of quaternary nitrogens is 2. The van der Waals surface area contributed by atoms with Crippen LogP contribution in [-0.2, 0) is 4.79 Å². The fourth-order valence-corrected chi connectivity index (χ4v) is 4.42. The molecule has 2 aromatic carbocycles. The third-order valence-electron chi connectivity index (χ3n) is 6.38. The summed E-state index contributed by atoms with van der Waals surface area (Å²) in [6.45, 7) is 9.82. The van der Waals surface area contributed by atoms with E-state index >= 15 is 0 Å². The normalized spacial score (nSPS) is 21.7. The monoisotopic (exact) mass is 426 g/mol. The van der Waals surface area contributed by atoms with Crippen molar-refractivity contribution in [2.45, 2.75) is 0 Å². The van der Waals surface area contributed by atoms with E-state index in [2.05, 4.69) is 4.90 Å². The zero-order chi connectivity index (χ0) is 21.5. The number of anilines is 1. The van der Waals surface area contributed by atoms with E-state index in [9.17, 15) is 9.90 Å². The second-order valence-electron chi connectivity index (χ2n) is 8.47. The van der Waals surface area contributed by atoms with Crippen molar-refractivity contribution < 1.29 is 24.4 Å². The van der Waals surface area contributed by atoms with E-state index in [1.165, 1.54) is 4.90 Å². The van der Waals surface area contributed by atoms with E-state index < -0.39 is 0 Å². The molecule has 2 heterocycles. The van der Waals surface area contributed by atoms with E-state index in [-0.39, 0.29) is 11.7 Å². The van der Waals surface area contributed by atoms with E-state index in [0.29, 0.717) is 6.54 Å². The maximum absolute atomic E-state index is 12.8. The molecule has 2 saturated heterocycles. The van der Waals surface area contributed by atoms with Crippen LogP contribution >= 0.6 is 0 Å². The zero-order valence-corrected chi connectivity index (χ0v) is 18.1. The van der Waals surface area contributed by atoms with Gasteiger partial charge in [0.05, 0.1) is 0 Å². The topological polar surface area (TPSA) is 61.9 Å². The lowest BCUT2D eigenvalue weighted by Gasteiger charge is -2.37.